The Morgan fingerprint density at radius 3 is 2.74 bits per heavy atom. The Balaban J connectivity index is 1.36. The van der Waals surface area contributed by atoms with Crippen LogP contribution in [-0.2, 0) is 16.0 Å². The molecule has 0 unspecified atom stereocenters. The number of nitrogens with one attached hydrogen (secondary N) is 1. The summed E-state index contributed by atoms with van der Waals surface area (Å²) in [6.07, 6.45) is 0.783. The van der Waals surface area contributed by atoms with Gasteiger partial charge < -0.3 is 14.5 Å². The van der Waals surface area contributed by atoms with Crippen LogP contribution in [0.15, 0.2) is 52.9 Å². The monoisotopic (exact) mass is 460 g/mol. The molecule has 34 heavy (non-hydrogen) atoms. The van der Waals surface area contributed by atoms with Crippen molar-refractivity contribution in [3.8, 4) is 0 Å². The standard InChI is InChI=1S/C26H24N2O6/c1-15(29)27-13-19-14-28(26(32)33-19)18-9-10-20-16(11-18)6-4-7-21(24(20)30)25(31)23-12-17-5-2-3-8-22(17)34-23/h2-3,5,8-12,19,21H,4,6-7,13-14H2,1H3,(H,27,29)/t19-,21+/m0/s1. The topological polar surface area (TPSA) is 106 Å². The number of ether oxygens (including phenoxy) is 1. The largest absolute Gasteiger partial charge is 0.453 e. The summed E-state index contributed by atoms with van der Waals surface area (Å²) in [5, 5.41) is 3.48. The molecular formula is C26H24N2O6. The molecule has 0 radical (unpaired) electrons. The van der Waals surface area contributed by atoms with Crippen LogP contribution in [0.3, 0.4) is 0 Å². The first-order valence-corrected chi connectivity index (χ1v) is 11.3. The molecule has 2 aliphatic rings. The molecule has 1 aromatic heterocycles. The number of fused-ring (bicyclic) bond motifs is 2. The maximum Gasteiger partial charge on any atom is 0.414 e. The molecule has 2 aromatic carbocycles. The number of hydrogen-bond donors (Lipinski definition) is 1. The molecule has 3 aromatic rings. The number of Topliss-reactive ketones (excluding diaryl/α,β-unsaturated/α-hetero) is 2. The fraction of sp³-hybridized carbons (Fsp3) is 0.308. The number of ketones is 2. The van der Waals surface area contributed by atoms with E-state index in [1.54, 1.807) is 24.3 Å². The molecule has 1 fully saturated rings. The van der Waals surface area contributed by atoms with Crippen LogP contribution in [0.1, 0.15) is 46.2 Å². The van der Waals surface area contributed by atoms with Crippen LogP contribution < -0.4 is 10.2 Å². The third kappa shape index (κ3) is 4.07. The molecule has 1 saturated heterocycles. The molecule has 1 aliphatic carbocycles. The Morgan fingerprint density at radius 1 is 1.12 bits per heavy atom. The van der Waals surface area contributed by atoms with E-state index >= 15 is 0 Å². The molecule has 2 atom stereocenters. The van der Waals surface area contributed by atoms with Gasteiger partial charge in [-0.25, -0.2) is 4.79 Å². The highest BCUT2D eigenvalue weighted by Crippen LogP contribution is 2.32. The summed E-state index contributed by atoms with van der Waals surface area (Å²) in [6, 6.07) is 14.3. The van der Waals surface area contributed by atoms with Gasteiger partial charge in [-0.2, -0.15) is 0 Å². The summed E-state index contributed by atoms with van der Waals surface area (Å²) in [5.41, 5.74) is 2.55. The number of furan rings is 1. The first-order chi connectivity index (χ1) is 16.4. The molecule has 1 N–H and O–H groups in total. The number of para-hydroxylation sites is 1. The van der Waals surface area contributed by atoms with E-state index in [9.17, 15) is 19.2 Å². The minimum Gasteiger partial charge on any atom is -0.453 e. The molecule has 1 aliphatic heterocycles. The van der Waals surface area contributed by atoms with E-state index in [-0.39, 0.29) is 29.8 Å². The number of hydrogen-bond acceptors (Lipinski definition) is 6. The van der Waals surface area contributed by atoms with E-state index in [4.69, 9.17) is 9.15 Å². The lowest BCUT2D eigenvalue weighted by molar-refractivity contribution is -0.119. The number of aryl methyl sites for hydroxylation is 1. The predicted molar refractivity (Wildman–Crippen MR) is 124 cm³/mol. The van der Waals surface area contributed by atoms with Gasteiger partial charge in [0, 0.05) is 23.6 Å². The molecule has 5 rings (SSSR count). The zero-order valence-electron chi connectivity index (χ0n) is 18.7. The van der Waals surface area contributed by atoms with Crippen molar-refractivity contribution in [2.45, 2.75) is 32.3 Å². The normalized spacial score (nSPS) is 20.1. The lowest BCUT2D eigenvalue weighted by Gasteiger charge is -2.16. The lowest BCUT2D eigenvalue weighted by Crippen LogP contribution is -2.33. The zero-order valence-corrected chi connectivity index (χ0v) is 18.7. The summed E-state index contributed by atoms with van der Waals surface area (Å²) < 4.78 is 11.1. The molecule has 2 heterocycles. The molecular weight excluding hydrogens is 436 g/mol. The third-order valence-corrected chi connectivity index (χ3v) is 6.36. The van der Waals surface area contributed by atoms with Gasteiger partial charge in [0.2, 0.25) is 11.7 Å². The van der Waals surface area contributed by atoms with E-state index in [1.165, 1.54) is 11.8 Å². The van der Waals surface area contributed by atoms with Gasteiger partial charge in [0.05, 0.1) is 19.0 Å². The Labute approximate surface area is 195 Å². The Bertz CT molecular complexity index is 1280. The maximum atomic E-state index is 13.4. The van der Waals surface area contributed by atoms with Crippen LogP contribution >= 0.6 is 0 Å². The van der Waals surface area contributed by atoms with Crippen LogP contribution in [0.2, 0.25) is 0 Å². The van der Waals surface area contributed by atoms with Gasteiger partial charge in [-0.3, -0.25) is 19.3 Å². The average Bonchev–Trinajstić information content (AvgIpc) is 3.38. The zero-order chi connectivity index (χ0) is 23.8. The highest BCUT2D eigenvalue weighted by Gasteiger charge is 2.36. The number of rotatable bonds is 5. The minimum atomic E-state index is -0.800. The Hall–Kier alpha value is -3.94. The molecule has 2 amide bonds. The fourth-order valence-corrected chi connectivity index (χ4v) is 4.63. The predicted octanol–water partition coefficient (Wildman–Crippen LogP) is 3.91. The van der Waals surface area contributed by atoms with E-state index in [0.29, 0.717) is 42.6 Å². The summed E-state index contributed by atoms with van der Waals surface area (Å²) in [7, 11) is 0. The van der Waals surface area contributed by atoms with Crippen LogP contribution in [-0.4, -0.2) is 42.8 Å². The van der Waals surface area contributed by atoms with Crippen molar-refractivity contribution < 1.29 is 28.3 Å². The highest BCUT2D eigenvalue weighted by molar-refractivity contribution is 6.16. The number of benzene rings is 2. The van der Waals surface area contributed by atoms with Gasteiger partial charge in [-0.1, -0.05) is 18.2 Å². The smallest absolute Gasteiger partial charge is 0.414 e. The number of cyclic esters (lactones) is 1. The van der Waals surface area contributed by atoms with Crippen molar-refractivity contribution in [1.29, 1.82) is 0 Å². The first-order valence-electron chi connectivity index (χ1n) is 11.3. The van der Waals surface area contributed by atoms with Crippen LogP contribution in [0.25, 0.3) is 11.0 Å². The second kappa shape index (κ2) is 8.78. The van der Waals surface area contributed by atoms with Crippen molar-refractivity contribution in [1.82, 2.24) is 5.32 Å². The fourth-order valence-electron chi connectivity index (χ4n) is 4.63. The molecule has 0 bridgehead atoms. The number of anilines is 1. The Kier molecular flexibility index (Phi) is 5.65. The lowest BCUT2D eigenvalue weighted by atomic mass is 9.90. The first kappa shape index (κ1) is 21.9. The van der Waals surface area contributed by atoms with Gasteiger partial charge in [0.25, 0.3) is 0 Å². The van der Waals surface area contributed by atoms with Gasteiger partial charge in [-0.15, -0.1) is 0 Å². The number of nitrogens with zero attached hydrogens (tertiary/aromatic N) is 1. The summed E-state index contributed by atoms with van der Waals surface area (Å²) in [5.74, 6) is -1.32. The van der Waals surface area contributed by atoms with Crippen molar-refractivity contribution in [2.24, 2.45) is 5.92 Å². The average molecular weight is 460 g/mol. The van der Waals surface area contributed by atoms with Gasteiger partial charge >= 0.3 is 6.09 Å². The van der Waals surface area contributed by atoms with Gasteiger partial charge in [0.15, 0.2) is 11.5 Å². The number of amides is 2. The molecule has 8 heteroatoms. The van der Waals surface area contributed by atoms with Crippen LogP contribution in [0.5, 0.6) is 0 Å². The van der Waals surface area contributed by atoms with Gasteiger partial charge in [-0.05, 0) is 55.2 Å². The number of carbonyl (C=O) groups is 4. The van der Waals surface area contributed by atoms with Crippen molar-refractivity contribution in [3.63, 3.8) is 0 Å². The van der Waals surface area contributed by atoms with Crippen molar-refractivity contribution in [3.05, 3.63) is 65.4 Å². The SMILES string of the molecule is CC(=O)NC[C@H]1CN(c2ccc3c(c2)CCC[C@@H](C(=O)c2cc4ccccc4o2)C3=O)C(=O)O1. The van der Waals surface area contributed by atoms with E-state index in [2.05, 4.69) is 5.32 Å². The van der Waals surface area contributed by atoms with Crippen LogP contribution in [0.4, 0.5) is 10.5 Å². The van der Waals surface area contributed by atoms with Gasteiger partial charge in [0.1, 0.15) is 11.7 Å². The highest BCUT2D eigenvalue weighted by atomic mass is 16.6. The number of carbonyl (C=O) groups excluding carboxylic acids is 4. The summed E-state index contributed by atoms with van der Waals surface area (Å²) in [6.45, 7) is 1.95. The van der Waals surface area contributed by atoms with E-state index in [0.717, 1.165) is 10.9 Å². The second-order valence-electron chi connectivity index (χ2n) is 8.72. The van der Waals surface area contributed by atoms with E-state index in [1.807, 2.05) is 24.3 Å². The summed E-state index contributed by atoms with van der Waals surface area (Å²) in [4.78, 5) is 51.6. The van der Waals surface area contributed by atoms with E-state index < -0.39 is 18.1 Å². The minimum absolute atomic E-state index is 0.190. The Morgan fingerprint density at radius 2 is 1.94 bits per heavy atom. The quantitative estimate of drug-likeness (QED) is 0.352. The molecule has 8 nitrogen and oxygen atoms in total. The van der Waals surface area contributed by atoms with Crippen molar-refractivity contribution >= 4 is 40.2 Å². The van der Waals surface area contributed by atoms with Crippen molar-refractivity contribution in [2.75, 3.05) is 18.0 Å². The second-order valence-corrected chi connectivity index (χ2v) is 8.72. The van der Waals surface area contributed by atoms with Crippen LogP contribution in [0, 0.1) is 5.92 Å². The maximum absolute atomic E-state index is 13.4. The third-order valence-electron chi connectivity index (χ3n) is 6.36. The summed E-state index contributed by atoms with van der Waals surface area (Å²) >= 11 is 0. The molecule has 174 valence electrons. The molecule has 0 saturated carbocycles. The molecule has 0 spiro atoms.